The molecule has 0 bridgehead atoms. The van der Waals surface area contributed by atoms with Crippen LogP contribution in [0.15, 0.2) is 91.3 Å². The van der Waals surface area contributed by atoms with E-state index in [0.29, 0.717) is 5.82 Å². The summed E-state index contributed by atoms with van der Waals surface area (Å²) in [6, 6.07) is 24.0. The van der Waals surface area contributed by atoms with Crippen LogP contribution in [0, 0.1) is 5.92 Å². The Hall–Kier alpha value is -5.05. The molecule has 270 valence electrons. The maximum atomic E-state index is 13.4. The van der Waals surface area contributed by atoms with Crippen molar-refractivity contribution >= 4 is 17.8 Å². The molecule has 51 heavy (non-hydrogen) atoms. The maximum absolute atomic E-state index is 13.4. The SMILES string of the molecule is CCCCCCCOc1ccc(-c2cnc(-c3ccc(C[C@H](CC(=O)OCc4ccccc4)C(=O)N[C@H](C)C(=O)OC(C)(C)C)cc3)nc2)cc1. The zero-order chi connectivity index (χ0) is 36.6. The molecule has 0 aliphatic rings. The number of carbonyl (C=O) groups is 3. The molecule has 0 spiro atoms. The first kappa shape index (κ1) is 38.7. The van der Waals surface area contributed by atoms with Gasteiger partial charge in [0.25, 0.3) is 0 Å². The third-order valence-corrected chi connectivity index (χ3v) is 8.20. The first-order valence-corrected chi connectivity index (χ1v) is 17.9. The molecule has 2 atom stereocenters. The van der Waals surface area contributed by atoms with Crippen LogP contribution in [0.3, 0.4) is 0 Å². The van der Waals surface area contributed by atoms with Gasteiger partial charge in [-0.1, -0.05) is 99.3 Å². The monoisotopic (exact) mass is 693 g/mol. The second-order valence-electron chi connectivity index (χ2n) is 13.8. The molecule has 4 aromatic rings. The summed E-state index contributed by atoms with van der Waals surface area (Å²) in [6.07, 6.45) is 9.72. The zero-order valence-electron chi connectivity index (χ0n) is 30.5. The van der Waals surface area contributed by atoms with Crippen molar-refractivity contribution in [2.75, 3.05) is 6.61 Å². The molecule has 4 rings (SSSR count). The molecule has 0 radical (unpaired) electrons. The van der Waals surface area contributed by atoms with E-state index in [0.717, 1.165) is 46.6 Å². The van der Waals surface area contributed by atoms with Gasteiger partial charge < -0.3 is 19.5 Å². The van der Waals surface area contributed by atoms with Crippen LogP contribution in [0.5, 0.6) is 5.75 Å². The lowest BCUT2D eigenvalue weighted by molar-refractivity contribution is -0.158. The zero-order valence-corrected chi connectivity index (χ0v) is 30.5. The number of aromatic nitrogens is 2. The molecule has 0 saturated carbocycles. The topological polar surface area (TPSA) is 117 Å². The predicted octanol–water partition coefficient (Wildman–Crippen LogP) is 8.30. The molecule has 1 amide bonds. The smallest absolute Gasteiger partial charge is 0.328 e. The average Bonchev–Trinajstić information content (AvgIpc) is 3.12. The fourth-order valence-electron chi connectivity index (χ4n) is 5.38. The fraction of sp³-hybridized carbons (Fsp3) is 0.405. The number of nitrogens with zero attached hydrogens (tertiary/aromatic N) is 2. The predicted molar refractivity (Wildman–Crippen MR) is 199 cm³/mol. The van der Waals surface area contributed by atoms with E-state index in [4.69, 9.17) is 14.2 Å². The number of esters is 2. The number of amides is 1. The summed E-state index contributed by atoms with van der Waals surface area (Å²) in [5.41, 5.74) is 3.70. The lowest BCUT2D eigenvalue weighted by atomic mass is 9.94. The number of benzene rings is 3. The van der Waals surface area contributed by atoms with Gasteiger partial charge in [0.05, 0.1) is 18.9 Å². The first-order chi connectivity index (χ1) is 24.5. The van der Waals surface area contributed by atoms with E-state index in [1.165, 1.54) is 25.7 Å². The Kier molecular flexibility index (Phi) is 14.7. The molecule has 1 aromatic heterocycles. The lowest BCUT2D eigenvalue weighted by Gasteiger charge is -2.24. The molecule has 0 aliphatic heterocycles. The van der Waals surface area contributed by atoms with Crippen LogP contribution >= 0.6 is 0 Å². The van der Waals surface area contributed by atoms with E-state index >= 15 is 0 Å². The lowest BCUT2D eigenvalue weighted by Crippen LogP contribution is -2.45. The van der Waals surface area contributed by atoms with Gasteiger partial charge >= 0.3 is 11.9 Å². The molecule has 3 aromatic carbocycles. The van der Waals surface area contributed by atoms with Crippen LogP contribution in [0.1, 0.15) is 84.3 Å². The van der Waals surface area contributed by atoms with E-state index in [1.807, 2.05) is 78.9 Å². The summed E-state index contributed by atoms with van der Waals surface area (Å²) in [6.45, 7) is 9.90. The van der Waals surface area contributed by atoms with Crippen molar-refractivity contribution < 1.29 is 28.6 Å². The standard InChI is InChI=1S/C42H51N3O6/c1-6-7-8-9-13-24-49-37-22-20-33(21-23-37)36-27-43-39(44-28-36)34-18-16-31(17-19-34)25-35(26-38(46)50-29-32-14-11-10-12-15-32)40(47)45-30(2)41(48)51-42(3,4)5/h10-12,14-23,27-28,30,35H,6-9,13,24-26,29H2,1-5H3,(H,45,47)/t30-,35-/m1/s1. The van der Waals surface area contributed by atoms with Crippen LogP contribution in [-0.2, 0) is 36.9 Å². The minimum atomic E-state index is -0.890. The van der Waals surface area contributed by atoms with Gasteiger partial charge in [-0.2, -0.15) is 0 Å². The fourth-order valence-corrected chi connectivity index (χ4v) is 5.38. The Morgan fingerprint density at radius 2 is 1.41 bits per heavy atom. The van der Waals surface area contributed by atoms with Crippen LogP contribution < -0.4 is 10.1 Å². The van der Waals surface area contributed by atoms with Crippen molar-refractivity contribution in [3.05, 3.63) is 102 Å². The van der Waals surface area contributed by atoms with E-state index < -0.39 is 35.4 Å². The van der Waals surface area contributed by atoms with Crippen molar-refractivity contribution in [1.82, 2.24) is 15.3 Å². The van der Waals surface area contributed by atoms with Crippen molar-refractivity contribution in [3.8, 4) is 28.3 Å². The van der Waals surface area contributed by atoms with Crippen molar-refractivity contribution in [3.63, 3.8) is 0 Å². The van der Waals surface area contributed by atoms with Crippen molar-refractivity contribution in [2.45, 2.75) is 97.8 Å². The third kappa shape index (κ3) is 13.3. The molecular weight excluding hydrogens is 642 g/mol. The average molecular weight is 694 g/mol. The van der Waals surface area contributed by atoms with Crippen molar-refractivity contribution in [2.24, 2.45) is 5.92 Å². The van der Waals surface area contributed by atoms with Crippen LogP contribution in [-0.4, -0.2) is 46.1 Å². The van der Waals surface area contributed by atoms with E-state index in [9.17, 15) is 14.4 Å². The van der Waals surface area contributed by atoms with Gasteiger partial charge in [0.2, 0.25) is 5.91 Å². The molecule has 1 heterocycles. The number of nitrogens with one attached hydrogen (secondary N) is 1. The Bertz CT molecular complexity index is 1670. The van der Waals surface area contributed by atoms with Crippen LogP contribution in [0.25, 0.3) is 22.5 Å². The number of hydrogen-bond acceptors (Lipinski definition) is 8. The summed E-state index contributed by atoms with van der Waals surface area (Å²) in [7, 11) is 0. The summed E-state index contributed by atoms with van der Waals surface area (Å²) in [5, 5.41) is 2.73. The van der Waals surface area contributed by atoms with Gasteiger partial charge in [-0.25, -0.2) is 14.8 Å². The largest absolute Gasteiger partial charge is 0.494 e. The minimum Gasteiger partial charge on any atom is -0.494 e. The van der Waals surface area contributed by atoms with Gasteiger partial charge in [0.1, 0.15) is 24.0 Å². The Morgan fingerprint density at radius 1 is 0.765 bits per heavy atom. The maximum Gasteiger partial charge on any atom is 0.328 e. The highest BCUT2D eigenvalue weighted by Crippen LogP contribution is 2.24. The molecule has 9 heteroatoms. The van der Waals surface area contributed by atoms with Gasteiger partial charge in [0.15, 0.2) is 5.82 Å². The molecule has 0 fully saturated rings. The van der Waals surface area contributed by atoms with Crippen molar-refractivity contribution in [1.29, 1.82) is 0 Å². The molecule has 9 nitrogen and oxygen atoms in total. The van der Waals surface area contributed by atoms with Crippen LogP contribution in [0.2, 0.25) is 0 Å². The molecule has 0 saturated heterocycles. The Labute approximate surface area is 302 Å². The first-order valence-electron chi connectivity index (χ1n) is 17.9. The van der Waals surface area contributed by atoms with E-state index in [-0.39, 0.29) is 19.4 Å². The number of unbranched alkanes of at least 4 members (excludes halogenated alkanes) is 4. The van der Waals surface area contributed by atoms with Crippen LogP contribution in [0.4, 0.5) is 0 Å². The third-order valence-electron chi connectivity index (χ3n) is 8.20. The summed E-state index contributed by atoms with van der Waals surface area (Å²) >= 11 is 0. The Balaban J connectivity index is 1.38. The highest BCUT2D eigenvalue weighted by molar-refractivity contribution is 5.88. The minimum absolute atomic E-state index is 0.106. The van der Waals surface area contributed by atoms with Gasteiger partial charge in [-0.3, -0.25) is 9.59 Å². The number of ether oxygens (including phenoxy) is 3. The normalized spacial score (nSPS) is 12.4. The summed E-state index contributed by atoms with van der Waals surface area (Å²) in [4.78, 5) is 48.1. The number of rotatable bonds is 18. The van der Waals surface area contributed by atoms with E-state index in [1.54, 1.807) is 40.1 Å². The number of carbonyl (C=O) groups excluding carboxylic acids is 3. The molecule has 0 aliphatic carbocycles. The molecule has 0 unspecified atom stereocenters. The molecular formula is C42H51N3O6. The summed E-state index contributed by atoms with van der Waals surface area (Å²) < 4.78 is 16.8. The number of hydrogen-bond donors (Lipinski definition) is 1. The quantitative estimate of drug-likeness (QED) is 0.0818. The highest BCUT2D eigenvalue weighted by Gasteiger charge is 2.28. The second-order valence-corrected chi connectivity index (χ2v) is 13.8. The van der Waals surface area contributed by atoms with E-state index in [2.05, 4.69) is 22.2 Å². The molecule has 1 N–H and O–H groups in total. The van der Waals surface area contributed by atoms with Gasteiger partial charge in [-0.15, -0.1) is 0 Å². The second kappa shape index (κ2) is 19.4. The Morgan fingerprint density at radius 3 is 2.06 bits per heavy atom. The highest BCUT2D eigenvalue weighted by atomic mass is 16.6. The van der Waals surface area contributed by atoms with Gasteiger partial charge in [0, 0.05) is 23.5 Å². The van der Waals surface area contributed by atoms with Gasteiger partial charge in [-0.05, 0) is 69.4 Å². The summed E-state index contributed by atoms with van der Waals surface area (Å²) in [5.74, 6) is -0.844.